The topological polar surface area (TPSA) is 84.3 Å². The van der Waals surface area contributed by atoms with Crippen LogP contribution in [0.2, 0.25) is 0 Å². The van der Waals surface area contributed by atoms with Crippen LogP contribution in [0.5, 0.6) is 5.75 Å². The number of nitrogens with zero attached hydrogens (tertiary/aromatic N) is 4. The average molecular weight is 388 g/mol. The highest BCUT2D eigenvalue weighted by atomic mass is 16.5. The van der Waals surface area contributed by atoms with Crippen molar-refractivity contribution in [2.45, 2.75) is 18.9 Å². The summed E-state index contributed by atoms with van der Waals surface area (Å²) in [5.74, 6) is 2.18. The van der Waals surface area contributed by atoms with Crippen LogP contribution in [0, 0.1) is 17.2 Å². The molecule has 0 saturated carbocycles. The van der Waals surface area contributed by atoms with Crippen molar-refractivity contribution >= 4 is 5.88 Å². The number of methoxy groups -OCH3 is 1. The number of oxazole rings is 1. The zero-order valence-corrected chi connectivity index (χ0v) is 16.0. The third kappa shape index (κ3) is 2.97. The van der Waals surface area contributed by atoms with Crippen molar-refractivity contribution < 1.29 is 9.15 Å². The molecule has 4 heterocycles. The molecule has 0 radical (unpaired) electrons. The van der Waals surface area contributed by atoms with Gasteiger partial charge in [-0.05, 0) is 36.6 Å². The number of rotatable bonds is 3. The Labute approximate surface area is 167 Å². The number of nitriles is 1. The molecule has 1 aromatic carbocycles. The largest absolute Gasteiger partial charge is 0.497 e. The van der Waals surface area contributed by atoms with Gasteiger partial charge in [0.2, 0.25) is 17.5 Å². The van der Waals surface area contributed by atoms with E-state index in [9.17, 15) is 10.1 Å². The monoisotopic (exact) mass is 388 g/mol. The second-order valence-corrected chi connectivity index (χ2v) is 7.62. The Hall–Kier alpha value is -3.53. The van der Waals surface area contributed by atoms with Crippen molar-refractivity contribution in [3.05, 3.63) is 64.2 Å². The van der Waals surface area contributed by atoms with E-state index in [0.29, 0.717) is 36.5 Å². The number of fused-ring (bicyclic) bond motifs is 4. The zero-order chi connectivity index (χ0) is 20.0. The highest BCUT2D eigenvalue weighted by molar-refractivity contribution is 5.61. The van der Waals surface area contributed by atoms with Crippen LogP contribution in [-0.2, 0) is 6.54 Å². The molecule has 2 atom stereocenters. The molecule has 29 heavy (non-hydrogen) atoms. The number of benzene rings is 1. The molecule has 2 aromatic heterocycles. The van der Waals surface area contributed by atoms with Gasteiger partial charge in [-0.25, -0.2) is 0 Å². The van der Waals surface area contributed by atoms with Gasteiger partial charge in [0.05, 0.1) is 7.11 Å². The minimum atomic E-state index is 0.0586. The summed E-state index contributed by atoms with van der Waals surface area (Å²) in [6, 6.07) is 15.1. The van der Waals surface area contributed by atoms with Crippen LogP contribution in [0.1, 0.15) is 23.7 Å². The van der Waals surface area contributed by atoms with Gasteiger partial charge in [-0.1, -0.05) is 12.1 Å². The molecule has 2 aliphatic rings. The van der Waals surface area contributed by atoms with Crippen LogP contribution in [0.15, 0.2) is 51.7 Å². The number of aromatic nitrogens is 2. The van der Waals surface area contributed by atoms with Gasteiger partial charge in [-0.15, -0.1) is 0 Å². The van der Waals surface area contributed by atoms with Crippen molar-refractivity contribution in [1.82, 2.24) is 9.55 Å². The second kappa shape index (κ2) is 6.82. The van der Waals surface area contributed by atoms with Gasteiger partial charge in [0, 0.05) is 42.9 Å². The van der Waals surface area contributed by atoms with Gasteiger partial charge in [0.15, 0.2) is 0 Å². The van der Waals surface area contributed by atoms with Crippen LogP contribution < -0.4 is 15.2 Å². The van der Waals surface area contributed by atoms with Crippen molar-refractivity contribution in [3.63, 3.8) is 0 Å². The summed E-state index contributed by atoms with van der Waals surface area (Å²) in [4.78, 5) is 18.8. The first-order valence-corrected chi connectivity index (χ1v) is 9.66. The Morgan fingerprint density at radius 3 is 2.90 bits per heavy atom. The molecule has 0 unspecified atom stereocenters. The SMILES string of the molecule is COc1cccc(-c2nc(C#N)c(N3C[C@H]4C[C@@H](C3)c3cccc(=O)n3C4)o2)c1. The van der Waals surface area contributed by atoms with E-state index in [1.54, 1.807) is 13.2 Å². The number of pyridine rings is 1. The highest BCUT2D eigenvalue weighted by Gasteiger charge is 2.36. The minimum absolute atomic E-state index is 0.0586. The fraction of sp³-hybridized carbons (Fsp3) is 0.318. The van der Waals surface area contributed by atoms with Crippen LogP contribution in [0.4, 0.5) is 5.88 Å². The molecule has 0 spiro atoms. The number of anilines is 1. The quantitative estimate of drug-likeness (QED) is 0.686. The van der Waals surface area contributed by atoms with E-state index in [1.807, 2.05) is 41.0 Å². The molecule has 2 aliphatic heterocycles. The third-order valence-electron chi connectivity index (χ3n) is 5.80. The predicted octanol–water partition coefficient (Wildman–Crippen LogP) is 3.01. The maximum Gasteiger partial charge on any atom is 0.250 e. The number of ether oxygens (including phenoxy) is 1. The van der Waals surface area contributed by atoms with E-state index in [0.717, 1.165) is 24.2 Å². The fourth-order valence-electron chi connectivity index (χ4n) is 4.54. The summed E-state index contributed by atoms with van der Waals surface area (Å²) in [5.41, 5.74) is 2.17. The lowest BCUT2D eigenvalue weighted by molar-refractivity contribution is 0.275. The Morgan fingerprint density at radius 2 is 2.07 bits per heavy atom. The van der Waals surface area contributed by atoms with E-state index >= 15 is 0 Å². The van der Waals surface area contributed by atoms with Crippen molar-refractivity contribution in [2.24, 2.45) is 5.92 Å². The highest BCUT2D eigenvalue weighted by Crippen LogP contribution is 2.39. The van der Waals surface area contributed by atoms with Gasteiger partial charge in [0.1, 0.15) is 11.8 Å². The zero-order valence-electron chi connectivity index (χ0n) is 16.0. The third-order valence-corrected chi connectivity index (χ3v) is 5.80. The van der Waals surface area contributed by atoms with Crippen molar-refractivity contribution in [1.29, 1.82) is 5.26 Å². The van der Waals surface area contributed by atoms with Gasteiger partial charge < -0.3 is 18.6 Å². The summed E-state index contributed by atoms with van der Waals surface area (Å²) in [6.07, 6.45) is 1.04. The van der Waals surface area contributed by atoms with Gasteiger partial charge >= 0.3 is 0 Å². The molecule has 1 fully saturated rings. The number of piperidine rings is 1. The molecule has 2 bridgehead atoms. The van der Waals surface area contributed by atoms with Crippen LogP contribution in [-0.4, -0.2) is 29.8 Å². The summed E-state index contributed by atoms with van der Waals surface area (Å²) in [7, 11) is 1.61. The van der Waals surface area contributed by atoms with Gasteiger partial charge in [-0.2, -0.15) is 10.2 Å². The molecule has 0 amide bonds. The fourth-order valence-corrected chi connectivity index (χ4v) is 4.54. The predicted molar refractivity (Wildman–Crippen MR) is 107 cm³/mol. The summed E-state index contributed by atoms with van der Waals surface area (Å²) in [5, 5.41) is 9.64. The Bertz CT molecular complexity index is 1170. The minimum Gasteiger partial charge on any atom is -0.497 e. The second-order valence-electron chi connectivity index (χ2n) is 7.62. The van der Waals surface area contributed by atoms with E-state index in [4.69, 9.17) is 9.15 Å². The lowest BCUT2D eigenvalue weighted by Crippen LogP contribution is -2.47. The Kier molecular flexibility index (Phi) is 4.13. The normalized spacial score (nSPS) is 20.1. The van der Waals surface area contributed by atoms with Gasteiger partial charge in [0.25, 0.3) is 5.56 Å². The summed E-state index contributed by atoms with van der Waals surface area (Å²) < 4.78 is 13.2. The first-order valence-electron chi connectivity index (χ1n) is 9.66. The molecule has 0 aliphatic carbocycles. The summed E-state index contributed by atoms with van der Waals surface area (Å²) >= 11 is 0. The molecular weight excluding hydrogens is 368 g/mol. The van der Waals surface area contributed by atoms with Gasteiger partial charge in [-0.3, -0.25) is 4.79 Å². The average Bonchev–Trinajstić information content (AvgIpc) is 3.19. The first kappa shape index (κ1) is 17.6. The van der Waals surface area contributed by atoms with E-state index < -0.39 is 0 Å². The summed E-state index contributed by atoms with van der Waals surface area (Å²) in [6.45, 7) is 2.13. The molecule has 0 N–H and O–H groups in total. The Morgan fingerprint density at radius 1 is 1.21 bits per heavy atom. The molecular formula is C22H20N4O3. The van der Waals surface area contributed by atoms with E-state index in [2.05, 4.69) is 16.0 Å². The van der Waals surface area contributed by atoms with Crippen LogP contribution >= 0.6 is 0 Å². The Balaban J connectivity index is 1.50. The van der Waals surface area contributed by atoms with E-state index in [-0.39, 0.29) is 17.2 Å². The standard InChI is InChI=1S/C22H20N4O3/c1-28-17-5-2-4-15(9-17)21-24-18(10-23)22(29-21)25-11-14-8-16(13-25)19-6-3-7-20(27)26(19)12-14/h2-7,9,14,16H,8,11-13H2,1H3/t14-,16+/m1/s1. The molecule has 3 aromatic rings. The van der Waals surface area contributed by atoms with Crippen LogP contribution in [0.25, 0.3) is 11.5 Å². The number of hydrogen-bond donors (Lipinski definition) is 0. The molecule has 7 nitrogen and oxygen atoms in total. The maximum atomic E-state index is 12.2. The van der Waals surface area contributed by atoms with Crippen molar-refractivity contribution in [3.8, 4) is 23.3 Å². The lowest BCUT2D eigenvalue weighted by atomic mass is 9.83. The van der Waals surface area contributed by atoms with Crippen molar-refractivity contribution in [2.75, 3.05) is 25.1 Å². The van der Waals surface area contributed by atoms with Crippen LogP contribution in [0.3, 0.4) is 0 Å². The molecule has 1 saturated heterocycles. The smallest absolute Gasteiger partial charge is 0.250 e. The molecule has 7 heteroatoms. The molecule has 5 rings (SSSR count). The first-order chi connectivity index (χ1) is 14.2. The maximum absolute atomic E-state index is 12.2. The lowest BCUT2D eigenvalue weighted by Gasteiger charge is -2.42. The number of hydrogen-bond acceptors (Lipinski definition) is 6. The molecule has 146 valence electrons. The van der Waals surface area contributed by atoms with E-state index in [1.165, 1.54) is 0 Å².